The highest BCUT2D eigenvalue weighted by molar-refractivity contribution is 5.36. The Labute approximate surface area is 110 Å². The zero-order chi connectivity index (χ0) is 13.8. The number of rotatable bonds is 6. The molecule has 102 valence electrons. The SMILES string of the molecule is CCOc1ccccc1C(O)C(C)(CC)N(C)C. The second kappa shape index (κ2) is 6.21. The van der Waals surface area contributed by atoms with Gasteiger partial charge in [-0.15, -0.1) is 0 Å². The highest BCUT2D eigenvalue weighted by atomic mass is 16.5. The predicted octanol–water partition coefficient (Wildman–Crippen LogP) is 2.85. The van der Waals surface area contributed by atoms with Gasteiger partial charge in [0.1, 0.15) is 11.9 Å². The molecule has 0 amide bonds. The maximum atomic E-state index is 10.7. The molecule has 2 unspecified atom stereocenters. The molecule has 0 aliphatic rings. The summed E-state index contributed by atoms with van der Waals surface area (Å²) in [6.45, 7) is 6.72. The summed E-state index contributed by atoms with van der Waals surface area (Å²) in [7, 11) is 3.99. The zero-order valence-electron chi connectivity index (χ0n) is 12.1. The van der Waals surface area contributed by atoms with Gasteiger partial charge in [-0.2, -0.15) is 0 Å². The highest BCUT2D eigenvalue weighted by Gasteiger charge is 2.35. The summed E-state index contributed by atoms with van der Waals surface area (Å²) >= 11 is 0. The van der Waals surface area contributed by atoms with Gasteiger partial charge in [0.25, 0.3) is 0 Å². The van der Waals surface area contributed by atoms with Crippen LogP contribution >= 0.6 is 0 Å². The van der Waals surface area contributed by atoms with E-state index in [-0.39, 0.29) is 5.54 Å². The number of aliphatic hydroxyl groups is 1. The molecule has 0 saturated heterocycles. The van der Waals surface area contributed by atoms with Crippen molar-refractivity contribution in [2.75, 3.05) is 20.7 Å². The van der Waals surface area contributed by atoms with Gasteiger partial charge in [0.15, 0.2) is 0 Å². The lowest BCUT2D eigenvalue weighted by atomic mass is 9.85. The highest BCUT2D eigenvalue weighted by Crippen LogP contribution is 2.36. The number of hydrogen-bond donors (Lipinski definition) is 1. The fraction of sp³-hybridized carbons (Fsp3) is 0.600. The molecule has 0 aliphatic heterocycles. The summed E-state index contributed by atoms with van der Waals surface area (Å²) in [5.41, 5.74) is 0.560. The summed E-state index contributed by atoms with van der Waals surface area (Å²) in [5.74, 6) is 0.772. The van der Waals surface area contributed by atoms with Crippen LogP contribution in [-0.2, 0) is 0 Å². The molecule has 18 heavy (non-hydrogen) atoms. The van der Waals surface area contributed by atoms with E-state index in [4.69, 9.17) is 4.74 Å². The predicted molar refractivity (Wildman–Crippen MR) is 75.0 cm³/mol. The molecule has 1 aromatic rings. The van der Waals surface area contributed by atoms with Crippen molar-refractivity contribution in [1.29, 1.82) is 0 Å². The minimum absolute atomic E-state index is 0.298. The van der Waals surface area contributed by atoms with Gasteiger partial charge in [0.05, 0.1) is 6.61 Å². The van der Waals surface area contributed by atoms with Gasteiger partial charge in [0.2, 0.25) is 0 Å². The van der Waals surface area contributed by atoms with E-state index in [1.165, 1.54) is 0 Å². The smallest absolute Gasteiger partial charge is 0.125 e. The van der Waals surface area contributed by atoms with Crippen LogP contribution in [0.15, 0.2) is 24.3 Å². The number of likely N-dealkylation sites (N-methyl/N-ethyl adjacent to an activating group) is 1. The summed E-state index contributed by atoms with van der Waals surface area (Å²) in [6.07, 6.45) is 0.294. The first-order valence-corrected chi connectivity index (χ1v) is 6.54. The average Bonchev–Trinajstić information content (AvgIpc) is 2.37. The van der Waals surface area contributed by atoms with Crippen LogP contribution in [0.2, 0.25) is 0 Å². The first kappa shape index (κ1) is 15.0. The number of ether oxygens (including phenoxy) is 1. The average molecular weight is 251 g/mol. The Balaban J connectivity index is 3.12. The lowest BCUT2D eigenvalue weighted by Gasteiger charge is -2.40. The summed E-state index contributed by atoms with van der Waals surface area (Å²) < 4.78 is 5.60. The Bertz CT molecular complexity index is 379. The number of benzene rings is 1. The molecule has 1 aromatic carbocycles. The van der Waals surface area contributed by atoms with E-state index in [2.05, 4.69) is 18.7 Å². The monoisotopic (exact) mass is 251 g/mol. The van der Waals surface area contributed by atoms with Crippen LogP contribution in [0.25, 0.3) is 0 Å². The Kier molecular flexibility index (Phi) is 5.17. The van der Waals surface area contributed by atoms with Gasteiger partial charge in [-0.1, -0.05) is 25.1 Å². The standard InChI is InChI=1S/C15H25NO2/c1-6-15(3,16(4)5)14(17)12-10-8-9-11-13(12)18-7-2/h8-11,14,17H,6-7H2,1-5H3. The van der Waals surface area contributed by atoms with Crippen molar-refractivity contribution in [3.8, 4) is 5.75 Å². The van der Waals surface area contributed by atoms with Crippen LogP contribution in [-0.4, -0.2) is 36.2 Å². The molecule has 0 aromatic heterocycles. The fourth-order valence-corrected chi connectivity index (χ4v) is 2.08. The molecule has 3 heteroatoms. The topological polar surface area (TPSA) is 32.7 Å². The molecule has 0 fully saturated rings. The molecule has 0 spiro atoms. The Morgan fingerprint density at radius 3 is 2.39 bits per heavy atom. The molecule has 0 heterocycles. The minimum Gasteiger partial charge on any atom is -0.493 e. The van der Waals surface area contributed by atoms with Crippen molar-refractivity contribution in [3.05, 3.63) is 29.8 Å². The van der Waals surface area contributed by atoms with Gasteiger partial charge in [-0.3, -0.25) is 0 Å². The lowest BCUT2D eigenvalue weighted by Crippen LogP contribution is -2.46. The van der Waals surface area contributed by atoms with Crippen molar-refractivity contribution in [2.24, 2.45) is 0 Å². The third-order valence-electron chi connectivity index (χ3n) is 3.84. The van der Waals surface area contributed by atoms with Gasteiger partial charge >= 0.3 is 0 Å². The van der Waals surface area contributed by atoms with Crippen LogP contribution in [0, 0.1) is 0 Å². The second-order valence-corrected chi connectivity index (χ2v) is 4.98. The van der Waals surface area contributed by atoms with Crippen molar-refractivity contribution < 1.29 is 9.84 Å². The van der Waals surface area contributed by atoms with Crippen LogP contribution in [0.5, 0.6) is 5.75 Å². The molecule has 0 bridgehead atoms. The van der Waals surface area contributed by atoms with Crippen LogP contribution in [0.3, 0.4) is 0 Å². The van der Waals surface area contributed by atoms with Gasteiger partial charge in [0, 0.05) is 11.1 Å². The lowest BCUT2D eigenvalue weighted by molar-refractivity contribution is -0.000650. The van der Waals surface area contributed by atoms with E-state index in [0.717, 1.165) is 17.7 Å². The number of nitrogens with zero attached hydrogens (tertiary/aromatic N) is 1. The van der Waals surface area contributed by atoms with E-state index in [1.54, 1.807) is 0 Å². The Morgan fingerprint density at radius 1 is 1.28 bits per heavy atom. The van der Waals surface area contributed by atoms with E-state index >= 15 is 0 Å². The van der Waals surface area contributed by atoms with E-state index < -0.39 is 6.10 Å². The maximum Gasteiger partial charge on any atom is 0.125 e. The first-order valence-electron chi connectivity index (χ1n) is 6.54. The zero-order valence-corrected chi connectivity index (χ0v) is 12.1. The Hall–Kier alpha value is -1.06. The normalized spacial score (nSPS) is 16.4. The van der Waals surface area contributed by atoms with E-state index in [1.807, 2.05) is 45.3 Å². The van der Waals surface area contributed by atoms with Crippen LogP contribution < -0.4 is 4.74 Å². The minimum atomic E-state index is -0.569. The molecule has 0 saturated carbocycles. The Morgan fingerprint density at radius 2 is 1.89 bits per heavy atom. The quantitative estimate of drug-likeness (QED) is 0.844. The molecule has 3 nitrogen and oxygen atoms in total. The number of aliphatic hydroxyl groups excluding tert-OH is 1. The third kappa shape index (κ3) is 2.85. The molecule has 0 aliphatic carbocycles. The van der Waals surface area contributed by atoms with E-state index in [0.29, 0.717) is 6.61 Å². The van der Waals surface area contributed by atoms with Crippen LogP contribution in [0.1, 0.15) is 38.9 Å². The summed E-state index contributed by atoms with van der Waals surface area (Å²) in [4.78, 5) is 2.07. The molecule has 0 radical (unpaired) electrons. The molecular formula is C15H25NO2. The molecular weight excluding hydrogens is 226 g/mol. The van der Waals surface area contributed by atoms with Gasteiger partial charge in [-0.25, -0.2) is 0 Å². The first-order chi connectivity index (χ1) is 8.47. The molecule has 2 atom stereocenters. The third-order valence-corrected chi connectivity index (χ3v) is 3.84. The maximum absolute atomic E-state index is 10.7. The number of hydrogen-bond acceptors (Lipinski definition) is 3. The van der Waals surface area contributed by atoms with Crippen molar-refractivity contribution >= 4 is 0 Å². The van der Waals surface area contributed by atoms with Crippen molar-refractivity contribution in [1.82, 2.24) is 4.90 Å². The largest absolute Gasteiger partial charge is 0.493 e. The second-order valence-electron chi connectivity index (χ2n) is 4.98. The van der Waals surface area contributed by atoms with Crippen molar-refractivity contribution in [2.45, 2.75) is 38.8 Å². The fourth-order valence-electron chi connectivity index (χ4n) is 2.08. The van der Waals surface area contributed by atoms with Gasteiger partial charge < -0.3 is 14.7 Å². The van der Waals surface area contributed by atoms with Gasteiger partial charge in [-0.05, 0) is 40.4 Å². The summed E-state index contributed by atoms with van der Waals surface area (Å²) in [5, 5.41) is 10.7. The van der Waals surface area contributed by atoms with Crippen molar-refractivity contribution in [3.63, 3.8) is 0 Å². The molecule has 1 rings (SSSR count). The number of para-hydroxylation sites is 1. The van der Waals surface area contributed by atoms with E-state index in [9.17, 15) is 5.11 Å². The molecule has 1 N–H and O–H groups in total. The van der Waals surface area contributed by atoms with Crippen LogP contribution in [0.4, 0.5) is 0 Å². The summed E-state index contributed by atoms with van der Waals surface area (Å²) in [6, 6.07) is 7.72.